The Bertz CT molecular complexity index is 5720. The van der Waals surface area contributed by atoms with E-state index in [0.717, 1.165) is 77.7 Å². The van der Waals surface area contributed by atoms with Gasteiger partial charge in [-0.25, -0.2) is 9.97 Å². The first kappa shape index (κ1) is 46.4. The van der Waals surface area contributed by atoms with Crippen LogP contribution < -0.4 is 0 Å². The topological polar surface area (TPSA) is 45.5 Å². The zero-order valence-corrected chi connectivity index (χ0v) is 45.4. The molecule has 13 aromatic carbocycles. The van der Waals surface area contributed by atoms with Crippen LogP contribution in [-0.2, 0) is 0 Å². The molecule has 5 heterocycles. The van der Waals surface area contributed by atoms with Gasteiger partial charge in [-0.15, -0.1) is 0 Å². The number of hydrogen-bond acceptors (Lipinski definition) is 2. The fourth-order valence-corrected chi connectivity index (χ4v) is 13.7. The van der Waals surface area contributed by atoms with Gasteiger partial charge in [0, 0.05) is 76.5 Å². The average Bonchev–Trinajstić information content (AvgIpc) is 3.46. The Kier molecular flexibility index (Phi) is 9.99. The second kappa shape index (κ2) is 18.1. The predicted octanol–water partition coefficient (Wildman–Crippen LogP) is 20.2. The molecule has 18 aromatic rings. The minimum Gasteiger partial charge on any atom is -0.309 e. The van der Waals surface area contributed by atoms with E-state index in [1.165, 1.54) is 81.8 Å². The Labute approximate surface area is 482 Å². The van der Waals surface area contributed by atoms with Gasteiger partial charge in [-0.3, -0.25) is 4.57 Å². The minimum atomic E-state index is 0.668. The van der Waals surface area contributed by atoms with E-state index in [1.807, 2.05) is 0 Å². The zero-order valence-electron chi connectivity index (χ0n) is 45.4. The Morgan fingerprint density at radius 3 is 0.976 bits per heavy atom. The van der Waals surface area contributed by atoms with Crippen LogP contribution in [0.2, 0.25) is 0 Å². The molecule has 6 heteroatoms. The van der Waals surface area contributed by atoms with Crippen LogP contribution in [0.1, 0.15) is 0 Å². The van der Waals surface area contributed by atoms with E-state index in [4.69, 9.17) is 9.97 Å². The minimum absolute atomic E-state index is 0.668. The van der Waals surface area contributed by atoms with Crippen LogP contribution in [0.15, 0.2) is 291 Å². The highest BCUT2D eigenvalue weighted by Crippen LogP contribution is 2.42. The van der Waals surface area contributed by atoms with Crippen molar-refractivity contribution in [3.63, 3.8) is 0 Å². The zero-order chi connectivity index (χ0) is 55.0. The number of rotatable bonds is 7. The van der Waals surface area contributed by atoms with Crippen molar-refractivity contribution in [3.8, 4) is 56.5 Å². The largest absolute Gasteiger partial charge is 0.309 e. The molecular weight excluding hydrogens is 1020 g/mol. The van der Waals surface area contributed by atoms with E-state index in [-0.39, 0.29) is 0 Å². The van der Waals surface area contributed by atoms with E-state index in [0.29, 0.717) is 5.82 Å². The van der Waals surface area contributed by atoms with Gasteiger partial charge in [-0.05, 0) is 155 Å². The summed E-state index contributed by atoms with van der Waals surface area (Å²) in [7, 11) is 0. The standard InChI is InChI=1S/C78H48N6/c1-3-18-55(19-4-1)81-68-27-13-9-23-59(68)64-45-51(34-41-72(64)81)52-36-43-74-66(47-52)61-25-11-15-29-70(61)83(74)57-38-31-50(32-39-57)77-79-76-58-22-8-7-17-49(58)33-40-63(76)78(80-77)84-71-30-16-12-26-62(71)67-48-54(37-44-75(67)84)53-35-42-73-65(46-53)60-24-10-14-28-69(60)82(73)56-20-5-2-6-21-56/h1-48H. The van der Waals surface area contributed by atoms with Crippen LogP contribution in [-0.4, -0.2) is 28.2 Å². The summed E-state index contributed by atoms with van der Waals surface area (Å²) in [6.07, 6.45) is 0. The molecule has 6 nitrogen and oxygen atoms in total. The molecule has 0 radical (unpaired) electrons. The molecule has 0 aliphatic carbocycles. The third-order valence-corrected chi connectivity index (χ3v) is 17.6. The monoisotopic (exact) mass is 1070 g/mol. The van der Waals surface area contributed by atoms with Crippen LogP contribution in [0.3, 0.4) is 0 Å². The average molecular weight is 1070 g/mol. The molecule has 0 atom stereocenters. The van der Waals surface area contributed by atoms with Crippen molar-refractivity contribution >= 4 is 109 Å². The van der Waals surface area contributed by atoms with Gasteiger partial charge in [0.1, 0.15) is 5.82 Å². The summed E-state index contributed by atoms with van der Waals surface area (Å²) < 4.78 is 9.50. The van der Waals surface area contributed by atoms with Gasteiger partial charge in [0.2, 0.25) is 0 Å². The molecule has 0 fully saturated rings. The maximum absolute atomic E-state index is 5.62. The third kappa shape index (κ3) is 6.92. The molecular formula is C78H48N6. The predicted molar refractivity (Wildman–Crippen MR) is 351 cm³/mol. The second-order valence-corrected chi connectivity index (χ2v) is 22.1. The van der Waals surface area contributed by atoms with Gasteiger partial charge < -0.3 is 13.7 Å². The summed E-state index contributed by atoms with van der Waals surface area (Å²) in [5.74, 6) is 1.51. The number of para-hydroxylation sites is 6. The van der Waals surface area contributed by atoms with Crippen LogP contribution >= 0.6 is 0 Å². The van der Waals surface area contributed by atoms with Gasteiger partial charge >= 0.3 is 0 Å². The van der Waals surface area contributed by atoms with Crippen molar-refractivity contribution in [2.24, 2.45) is 0 Å². The Balaban J connectivity index is 0.756. The Morgan fingerprint density at radius 1 is 0.202 bits per heavy atom. The van der Waals surface area contributed by atoms with E-state index in [9.17, 15) is 0 Å². The number of nitrogens with zero attached hydrogens (tertiary/aromatic N) is 6. The fourth-order valence-electron chi connectivity index (χ4n) is 13.7. The van der Waals surface area contributed by atoms with Crippen LogP contribution in [0.5, 0.6) is 0 Å². The van der Waals surface area contributed by atoms with E-state index < -0.39 is 0 Å². The van der Waals surface area contributed by atoms with Crippen molar-refractivity contribution in [1.29, 1.82) is 0 Å². The molecule has 0 saturated carbocycles. The maximum atomic E-state index is 5.62. The summed E-state index contributed by atoms with van der Waals surface area (Å²) in [4.78, 5) is 11.1. The van der Waals surface area contributed by atoms with Crippen molar-refractivity contribution in [1.82, 2.24) is 28.2 Å². The summed E-state index contributed by atoms with van der Waals surface area (Å²) >= 11 is 0. The third-order valence-electron chi connectivity index (χ3n) is 17.6. The van der Waals surface area contributed by atoms with E-state index in [1.54, 1.807) is 0 Å². The smallest absolute Gasteiger partial charge is 0.162 e. The quantitative estimate of drug-likeness (QED) is 0.149. The lowest BCUT2D eigenvalue weighted by Gasteiger charge is -2.15. The number of benzene rings is 13. The number of fused-ring (bicyclic) bond motifs is 15. The summed E-state index contributed by atoms with van der Waals surface area (Å²) in [6, 6.07) is 106. The molecule has 0 aliphatic rings. The fraction of sp³-hybridized carbons (Fsp3) is 0. The lowest BCUT2D eigenvalue weighted by Crippen LogP contribution is -2.03. The van der Waals surface area contributed by atoms with Gasteiger partial charge in [-0.1, -0.05) is 164 Å². The molecule has 0 bridgehead atoms. The van der Waals surface area contributed by atoms with E-state index >= 15 is 0 Å². The van der Waals surface area contributed by atoms with Gasteiger partial charge in [0.25, 0.3) is 0 Å². The van der Waals surface area contributed by atoms with Gasteiger partial charge in [-0.2, -0.15) is 0 Å². The normalized spacial score (nSPS) is 12.0. The van der Waals surface area contributed by atoms with Crippen LogP contribution in [0.25, 0.3) is 165 Å². The molecule has 390 valence electrons. The first-order valence-corrected chi connectivity index (χ1v) is 28.7. The van der Waals surface area contributed by atoms with E-state index in [2.05, 4.69) is 309 Å². The molecule has 5 aromatic heterocycles. The molecule has 0 unspecified atom stereocenters. The molecule has 18 rings (SSSR count). The molecule has 0 aliphatic heterocycles. The molecule has 84 heavy (non-hydrogen) atoms. The van der Waals surface area contributed by atoms with Crippen molar-refractivity contribution < 1.29 is 0 Å². The molecule has 0 N–H and O–H groups in total. The van der Waals surface area contributed by atoms with Gasteiger partial charge in [0.05, 0.1) is 49.7 Å². The molecule has 0 spiro atoms. The SMILES string of the molecule is c1ccc(-n2c3ccccc3c3cc(-c4ccc5c(c4)c4ccccc4n5-c4ccc(-c5nc(-n6c7ccccc7c7cc(-c8ccc9c(c8)c8ccccc8n9-c8ccccc8)ccc76)c6ccc7ccccc7c6n5)cc4)ccc32)cc1. The summed E-state index contributed by atoms with van der Waals surface area (Å²) in [6.45, 7) is 0. The summed E-state index contributed by atoms with van der Waals surface area (Å²) in [5.41, 5.74) is 19.2. The first-order chi connectivity index (χ1) is 41.7. The molecule has 0 saturated heterocycles. The highest BCUT2D eigenvalue weighted by Gasteiger charge is 2.22. The Hall–Kier alpha value is -11.3. The van der Waals surface area contributed by atoms with Gasteiger partial charge in [0.15, 0.2) is 5.82 Å². The molecule has 0 amide bonds. The van der Waals surface area contributed by atoms with Crippen molar-refractivity contribution in [3.05, 3.63) is 291 Å². The summed E-state index contributed by atoms with van der Waals surface area (Å²) in [5, 5.41) is 12.9. The Morgan fingerprint density at radius 2 is 0.536 bits per heavy atom. The number of aromatic nitrogens is 6. The first-order valence-electron chi connectivity index (χ1n) is 28.7. The number of hydrogen-bond donors (Lipinski definition) is 0. The maximum Gasteiger partial charge on any atom is 0.162 e. The second-order valence-electron chi connectivity index (χ2n) is 22.1. The van der Waals surface area contributed by atoms with Crippen LogP contribution in [0, 0.1) is 0 Å². The highest BCUT2D eigenvalue weighted by atomic mass is 15.1. The lowest BCUT2D eigenvalue weighted by atomic mass is 10.0. The van der Waals surface area contributed by atoms with Crippen molar-refractivity contribution in [2.45, 2.75) is 0 Å². The lowest BCUT2D eigenvalue weighted by molar-refractivity contribution is 1.08. The highest BCUT2D eigenvalue weighted by molar-refractivity contribution is 6.16. The van der Waals surface area contributed by atoms with Crippen LogP contribution in [0.4, 0.5) is 0 Å². The van der Waals surface area contributed by atoms with Crippen molar-refractivity contribution in [2.75, 3.05) is 0 Å².